The van der Waals surface area contributed by atoms with E-state index in [2.05, 4.69) is 0 Å². The van der Waals surface area contributed by atoms with E-state index < -0.39 is 47.5 Å². The fourth-order valence-corrected chi connectivity index (χ4v) is 3.94. The van der Waals surface area contributed by atoms with Crippen molar-refractivity contribution in [3.63, 3.8) is 0 Å². The maximum Gasteiger partial charge on any atom is 0.324 e. The Morgan fingerprint density at radius 3 is 2.38 bits per heavy atom. The maximum atomic E-state index is 12.5. The van der Waals surface area contributed by atoms with Gasteiger partial charge in [-0.25, -0.2) is 0 Å². The van der Waals surface area contributed by atoms with E-state index in [1.165, 1.54) is 0 Å². The van der Waals surface area contributed by atoms with Gasteiger partial charge in [-0.05, 0) is 40.0 Å². The molecule has 3 heterocycles. The first-order chi connectivity index (χ1) is 12.0. The van der Waals surface area contributed by atoms with E-state index in [-0.39, 0.29) is 12.0 Å². The lowest BCUT2D eigenvalue weighted by molar-refractivity contribution is -0.235. The number of fused-ring (bicyclic) bond motifs is 1. The summed E-state index contributed by atoms with van der Waals surface area (Å²) in [4.78, 5) is 12.5. The van der Waals surface area contributed by atoms with Crippen molar-refractivity contribution in [2.75, 3.05) is 6.61 Å². The van der Waals surface area contributed by atoms with Crippen LogP contribution in [0.15, 0.2) is 0 Å². The number of carbonyl (C=O) groups is 1. The van der Waals surface area contributed by atoms with Crippen molar-refractivity contribution in [3.8, 4) is 0 Å². The molecule has 0 aliphatic carbocycles. The molecule has 3 rings (SSSR count). The molecule has 0 bridgehead atoms. The van der Waals surface area contributed by atoms with Crippen molar-refractivity contribution >= 4 is 17.6 Å². The van der Waals surface area contributed by atoms with Crippen molar-refractivity contribution in [1.29, 1.82) is 0 Å². The van der Waals surface area contributed by atoms with Gasteiger partial charge < -0.3 is 28.4 Å². The highest BCUT2D eigenvalue weighted by molar-refractivity contribution is 6.29. The van der Waals surface area contributed by atoms with E-state index in [9.17, 15) is 4.79 Å². The zero-order chi connectivity index (χ0) is 19.3. The molecule has 3 fully saturated rings. The average molecular weight is 393 g/mol. The quantitative estimate of drug-likeness (QED) is 0.526. The summed E-state index contributed by atoms with van der Waals surface area (Å²) in [6.45, 7) is 11.6. The Balaban J connectivity index is 1.73. The maximum absolute atomic E-state index is 12.5. The number of hydrogen-bond donors (Lipinski definition) is 0. The molecule has 0 amide bonds. The minimum Gasteiger partial charge on any atom is -0.455 e. The molecule has 0 saturated carbocycles. The van der Waals surface area contributed by atoms with Crippen LogP contribution in [0.1, 0.15) is 48.0 Å². The number of esters is 1. The molecule has 3 saturated heterocycles. The Bertz CT molecular complexity index is 536. The van der Waals surface area contributed by atoms with Crippen LogP contribution >= 0.6 is 11.6 Å². The van der Waals surface area contributed by atoms with Gasteiger partial charge in [0.25, 0.3) is 0 Å². The first-order valence-corrected chi connectivity index (χ1v) is 9.58. The molecule has 26 heavy (non-hydrogen) atoms. The van der Waals surface area contributed by atoms with Gasteiger partial charge in [-0.15, -0.1) is 11.6 Å². The van der Waals surface area contributed by atoms with E-state index in [0.29, 0.717) is 13.0 Å². The number of carbonyl (C=O) groups excluding carboxylic acids is 1. The summed E-state index contributed by atoms with van der Waals surface area (Å²) in [5.41, 5.74) is 0. The van der Waals surface area contributed by atoms with Crippen molar-refractivity contribution in [3.05, 3.63) is 0 Å². The third-order valence-corrected chi connectivity index (χ3v) is 4.97. The molecule has 0 spiro atoms. The summed E-state index contributed by atoms with van der Waals surface area (Å²) in [6.07, 6.45) is -2.23. The first kappa shape index (κ1) is 20.3. The Hall–Kier alpha value is -0.440. The van der Waals surface area contributed by atoms with E-state index in [0.717, 1.165) is 0 Å². The molecule has 0 radical (unpaired) electrons. The van der Waals surface area contributed by atoms with Gasteiger partial charge in [0, 0.05) is 0 Å². The lowest BCUT2D eigenvalue weighted by Gasteiger charge is -2.29. The molecular formula is C18H29ClO7. The van der Waals surface area contributed by atoms with Gasteiger partial charge in [0.15, 0.2) is 30.1 Å². The SMILES string of the molecule is CC(C)C[C@H](Cl)C(=O)O[C@@H]1[C@H]2OC(C)(C)O[C@H]2O[C@@H]1[C@H]1COC(C)(C)O1. The fraction of sp³-hybridized carbons (Fsp3) is 0.944. The Morgan fingerprint density at radius 1 is 1.12 bits per heavy atom. The van der Waals surface area contributed by atoms with E-state index in [1.807, 2.05) is 27.7 Å². The van der Waals surface area contributed by atoms with Crippen molar-refractivity contribution < 1.29 is 33.2 Å². The lowest BCUT2D eigenvalue weighted by atomic mass is 10.1. The first-order valence-electron chi connectivity index (χ1n) is 9.15. The molecule has 0 aromatic carbocycles. The molecular weight excluding hydrogens is 364 g/mol. The zero-order valence-electron chi connectivity index (χ0n) is 16.2. The van der Waals surface area contributed by atoms with Crippen LogP contribution < -0.4 is 0 Å². The normalized spacial score (nSPS) is 39.2. The minimum atomic E-state index is -0.810. The second kappa shape index (κ2) is 7.18. The highest BCUT2D eigenvalue weighted by Gasteiger charge is 2.60. The van der Waals surface area contributed by atoms with Gasteiger partial charge in [0.1, 0.15) is 17.6 Å². The highest BCUT2D eigenvalue weighted by atomic mass is 35.5. The lowest BCUT2D eigenvalue weighted by Crippen LogP contribution is -2.46. The fourth-order valence-electron chi connectivity index (χ4n) is 3.53. The third-order valence-electron chi connectivity index (χ3n) is 4.61. The van der Waals surface area contributed by atoms with Gasteiger partial charge in [-0.2, -0.15) is 0 Å². The van der Waals surface area contributed by atoms with Gasteiger partial charge in [-0.3, -0.25) is 4.79 Å². The number of alkyl halides is 1. The molecule has 8 heteroatoms. The highest BCUT2D eigenvalue weighted by Crippen LogP contribution is 2.42. The monoisotopic (exact) mass is 392 g/mol. The second-order valence-corrected chi connectivity index (χ2v) is 8.96. The molecule has 3 aliphatic heterocycles. The van der Waals surface area contributed by atoms with E-state index in [1.54, 1.807) is 13.8 Å². The Labute approximate surface area is 159 Å². The summed E-state index contributed by atoms with van der Waals surface area (Å²) < 4.78 is 35.0. The Morgan fingerprint density at radius 2 is 1.81 bits per heavy atom. The van der Waals surface area contributed by atoms with Crippen LogP contribution in [0.2, 0.25) is 0 Å². The summed E-state index contributed by atoms with van der Waals surface area (Å²) in [5.74, 6) is -1.72. The molecule has 0 aromatic rings. The van der Waals surface area contributed by atoms with Crippen molar-refractivity contribution in [1.82, 2.24) is 0 Å². The average Bonchev–Trinajstić information content (AvgIpc) is 3.09. The number of ether oxygens (including phenoxy) is 6. The standard InChI is InChI=1S/C18H29ClO7/c1-9(2)7-10(19)15(20)22-13-12(11-8-21-17(3,4)24-11)23-16-14(13)25-18(5,6)26-16/h9-14,16H,7-8H2,1-6H3/t10-,11+,12+,13-,14+,16+/m0/s1. The van der Waals surface area contributed by atoms with Crippen LogP contribution in [0.25, 0.3) is 0 Å². The van der Waals surface area contributed by atoms with Crippen LogP contribution in [-0.4, -0.2) is 60.2 Å². The molecule has 150 valence electrons. The van der Waals surface area contributed by atoms with Crippen LogP contribution in [0.5, 0.6) is 0 Å². The van der Waals surface area contributed by atoms with Crippen LogP contribution in [0.4, 0.5) is 0 Å². The largest absolute Gasteiger partial charge is 0.455 e. The predicted octanol–water partition coefficient (Wildman–Crippen LogP) is 2.58. The zero-order valence-corrected chi connectivity index (χ0v) is 16.9. The number of rotatable bonds is 5. The minimum absolute atomic E-state index is 0.283. The topological polar surface area (TPSA) is 72.5 Å². The predicted molar refractivity (Wildman–Crippen MR) is 92.6 cm³/mol. The Kier molecular flexibility index (Phi) is 5.61. The van der Waals surface area contributed by atoms with Crippen molar-refractivity contribution in [2.24, 2.45) is 5.92 Å². The van der Waals surface area contributed by atoms with Crippen LogP contribution in [0, 0.1) is 5.92 Å². The van der Waals surface area contributed by atoms with Gasteiger partial charge in [0.2, 0.25) is 0 Å². The van der Waals surface area contributed by atoms with Gasteiger partial charge >= 0.3 is 5.97 Å². The molecule has 6 atom stereocenters. The number of hydrogen-bond acceptors (Lipinski definition) is 7. The van der Waals surface area contributed by atoms with Gasteiger partial charge in [0.05, 0.1) is 6.61 Å². The molecule has 0 aromatic heterocycles. The number of halogens is 1. The summed E-state index contributed by atoms with van der Waals surface area (Å²) in [7, 11) is 0. The van der Waals surface area contributed by atoms with Crippen molar-refractivity contribution in [2.45, 2.75) is 95.6 Å². The summed E-state index contributed by atoms with van der Waals surface area (Å²) in [6, 6.07) is 0. The van der Waals surface area contributed by atoms with E-state index in [4.69, 9.17) is 40.0 Å². The van der Waals surface area contributed by atoms with E-state index >= 15 is 0 Å². The van der Waals surface area contributed by atoms with Crippen LogP contribution in [-0.2, 0) is 33.2 Å². The molecule has 3 aliphatic rings. The third kappa shape index (κ3) is 4.34. The summed E-state index contributed by atoms with van der Waals surface area (Å²) >= 11 is 6.21. The van der Waals surface area contributed by atoms with Crippen LogP contribution in [0.3, 0.4) is 0 Å². The molecule has 7 nitrogen and oxygen atoms in total. The van der Waals surface area contributed by atoms with Gasteiger partial charge in [-0.1, -0.05) is 13.8 Å². The summed E-state index contributed by atoms with van der Waals surface area (Å²) in [5, 5.41) is -0.720. The smallest absolute Gasteiger partial charge is 0.324 e. The second-order valence-electron chi connectivity index (χ2n) is 8.43. The molecule has 0 unspecified atom stereocenters. The molecule has 0 N–H and O–H groups in total.